The molecule has 18 heavy (non-hydrogen) atoms. The van der Waals surface area contributed by atoms with Gasteiger partial charge in [-0.25, -0.2) is 4.79 Å². The number of amides is 2. The maximum Gasteiger partial charge on any atom is 0.314 e. The van der Waals surface area contributed by atoms with Crippen LogP contribution in [0.4, 0.5) is 4.79 Å². The van der Waals surface area contributed by atoms with Gasteiger partial charge in [0.25, 0.3) is 0 Å². The van der Waals surface area contributed by atoms with Crippen LogP contribution in [0.3, 0.4) is 0 Å². The lowest BCUT2D eigenvalue weighted by atomic mass is 10.2. The third-order valence-electron chi connectivity index (χ3n) is 2.84. The SMILES string of the molecule is COC(=O)CCCCNC(=O)NCC1CCCO1. The molecule has 0 radical (unpaired) electrons. The minimum atomic E-state index is -0.210. The summed E-state index contributed by atoms with van der Waals surface area (Å²) < 4.78 is 9.91. The first-order valence-electron chi connectivity index (χ1n) is 6.42. The van der Waals surface area contributed by atoms with Crippen molar-refractivity contribution in [3.63, 3.8) is 0 Å². The molecular formula is C12H22N2O4. The lowest BCUT2D eigenvalue weighted by Gasteiger charge is -2.11. The molecule has 1 aliphatic rings. The topological polar surface area (TPSA) is 76.7 Å². The van der Waals surface area contributed by atoms with Crippen LogP contribution in [0.25, 0.3) is 0 Å². The van der Waals surface area contributed by atoms with Crippen LogP contribution in [0.5, 0.6) is 0 Å². The Labute approximate surface area is 107 Å². The number of rotatable bonds is 7. The zero-order valence-corrected chi connectivity index (χ0v) is 10.9. The molecule has 0 aliphatic carbocycles. The third kappa shape index (κ3) is 6.44. The fourth-order valence-corrected chi connectivity index (χ4v) is 1.77. The van der Waals surface area contributed by atoms with E-state index in [1.54, 1.807) is 0 Å². The number of carbonyl (C=O) groups is 2. The largest absolute Gasteiger partial charge is 0.469 e. The highest BCUT2D eigenvalue weighted by Gasteiger charge is 2.15. The normalized spacial score (nSPS) is 18.4. The molecule has 0 aromatic carbocycles. The van der Waals surface area contributed by atoms with Gasteiger partial charge in [0.1, 0.15) is 0 Å². The highest BCUT2D eigenvalue weighted by atomic mass is 16.5. The Morgan fingerprint density at radius 2 is 2.17 bits per heavy atom. The quantitative estimate of drug-likeness (QED) is 0.523. The Bertz CT molecular complexity index is 265. The number of hydrogen-bond donors (Lipinski definition) is 2. The van der Waals surface area contributed by atoms with E-state index in [0.717, 1.165) is 32.3 Å². The van der Waals surface area contributed by atoms with Gasteiger partial charge in [-0.3, -0.25) is 4.79 Å². The van der Waals surface area contributed by atoms with Crippen molar-refractivity contribution in [1.82, 2.24) is 10.6 Å². The summed E-state index contributed by atoms with van der Waals surface area (Å²) in [4.78, 5) is 22.2. The highest BCUT2D eigenvalue weighted by Crippen LogP contribution is 2.10. The van der Waals surface area contributed by atoms with E-state index in [1.807, 2.05) is 0 Å². The van der Waals surface area contributed by atoms with Gasteiger partial charge in [0.2, 0.25) is 0 Å². The van der Waals surface area contributed by atoms with E-state index in [1.165, 1.54) is 7.11 Å². The smallest absolute Gasteiger partial charge is 0.314 e. The molecule has 6 heteroatoms. The number of methoxy groups -OCH3 is 1. The molecule has 1 aliphatic heterocycles. The second kappa shape index (κ2) is 8.74. The number of carbonyl (C=O) groups excluding carboxylic acids is 2. The molecule has 0 bridgehead atoms. The van der Waals surface area contributed by atoms with Crippen LogP contribution in [0.2, 0.25) is 0 Å². The molecule has 6 nitrogen and oxygen atoms in total. The van der Waals surface area contributed by atoms with E-state index >= 15 is 0 Å². The van der Waals surface area contributed by atoms with Crippen LogP contribution in [-0.2, 0) is 14.3 Å². The third-order valence-corrected chi connectivity index (χ3v) is 2.84. The van der Waals surface area contributed by atoms with E-state index in [0.29, 0.717) is 19.5 Å². The Kier molecular flexibility index (Phi) is 7.17. The fraction of sp³-hybridized carbons (Fsp3) is 0.833. The second-order valence-electron chi connectivity index (χ2n) is 4.31. The maximum absolute atomic E-state index is 11.4. The monoisotopic (exact) mass is 258 g/mol. The summed E-state index contributed by atoms with van der Waals surface area (Å²) in [5.74, 6) is -0.210. The maximum atomic E-state index is 11.4. The molecule has 104 valence electrons. The number of unbranched alkanes of at least 4 members (excludes halogenated alkanes) is 1. The number of nitrogens with one attached hydrogen (secondary N) is 2. The minimum Gasteiger partial charge on any atom is -0.469 e. The molecule has 0 spiro atoms. The summed E-state index contributed by atoms with van der Waals surface area (Å²) in [5.41, 5.74) is 0. The van der Waals surface area contributed by atoms with Gasteiger partial charge in [-0.2, -0.15) is 0 Å². The van der Waals surface area contributed by atoms with E-state index < -0.39 is 0 Å². The van der Waals surface area contributed by atoms with Gasteiger partial charge < -0.3 is 20.1 Å². The summed E-state index contributed by atoms with van der Waals surface area (Å²) in [5, 5.41) is 5.51. The number of urea groups is 1. The average Bonchev–Trinajstić information content (AvgIpc) is 2.88. The van der Waals surface area contributed by atoms with Gasteiger partial charge in [0.05, 0.1) is 13.2 Å². The van der Waals surface area contributed by atoms with E-state index in [4.69, 9.17) is 4.74 Å². The first-order valence-corrected chi connectivity index (χ1v) is 6.42. The number of hydrogen-bond acceptors (Lipinski definition) is 4. The first-order chi connectivity index (χ1) is 8.72. The standard InChI is InChI=1S/C12H22N2O4/c1-17-11(15)6-2-3-7-13-12(16)14-9-10-5-4-8-18-10/h10H,2-9H2,1H3,(H2,13,14,16). The van der Waals surface area contributed by atoms with Crippen molar-refractivity contribution in [2.45, 2.75) is 38.2 Å². The van der Waals surface area contributed by atoms with Gasteiger partial charge in [-0.15, -0.1) is 0 Å². The lowest BCUT2D eigenvalue weighted by molar-refractivity contribution is -0.140. The Balaban J connectivity index is 1.91. The van der Waals surface area contributed by atoms with Gasteiger partial charge in [0.15, 0.2) is 0 Å². The minimum absolute atomic E-state index is 0.162. The van der Waals surface area contributed by atoms with E-state index in [-0.39, 0.29) is 18.1 Å². The summed E-state index contributed by atoms with van der Waals surface area (Å²) in [6, 6.07) is -0.177. The molecule has 1 saturated heterocycles. The molecule has 2 amide bonds. The molecular weight excluding hydrogens is 236 g/mol. The van der Waals surface area contributed by atoms with Crippen molar-refractivity contribution in [3.05, 3.63) is 0 Å². The van der Waals surface area contributed by atoms with Crippen LogP contribution in [0.1, 0.15) is 32.1 Å². The zero-order valence-electron chi connectivity index (χ0n) is 10.9. The molecule has 0 aromatic rings. The summed E-state index contributed by atoms with van der Waals surface area (Å²) in [7, 11) is 1.37. The predicted molar refractivity (Wildman–Crippen MR) is 66.2 cm³/mol. The van der Waals surface area contributed by atoms with Crippen LogP contribution >= 0.6 is 0 Å². The van der Waals surface area contributed by atoms with Crippen molar-refractivity contribution >= 4 is 12.0 Å². The van der Waals surface area contributed by atoms with Gasteiger partial charge in [-0.05, 0) is 25.7 Å². The van der Waals surface area contributed by atoms with Crippen LogP contribution in [0, 0.1) is 0 Å². The van der Waals surface area contributed by atoms with Crippen molar-refractivity contribution in [1.29, 1.82) is 0 Å². The second-order valence-corrected chi connectivity index (χ2v) is 4.31. The van der Waals surface area contributed by atoms with Crippen LogP contribution < -0.4 is 10.6 Å². The molecule has 1 fully saturated rings. The van der Waals surface area contributed by atoms with Crippen molar-refractivity contribution in [2.24, 2.45) is 0 Å². The van der Waals surface area contributed by atoms with E-state index in [2.05, 4.69) is 15.4 Å². The molecule has 2 N–H and O–H groups in total. The lowest BCUT2D eigenvalue weighted by Crippen LogP contribution is -2.39. The highest BCUT2D eigenvalue weighted by molar-refractivity contribution is 5.73. The van der Waals surface area contributed by atoms with Crippen molar-refractivity contribution < 1.29 is 19.1 Å². The fourth-order valence-electron chi connectivity index (χ4n) is 1.77. The molecule has 1 atom stereocenters. The zero-order chi connectivity index (χ0) is 13.2. The molecule has 0 aromatic heterocycles. The molecule has 1 unspecified atom stereocenters. The Hall–Kier alpha value is -1.30. The Morgan fingerprint density at radius 1 is 1.33 bits per heavy atom. The van der Waals surface area contributed by atoms with Gasteiger partial charge in [-0.1, -0.05) is 0 Å². The number of ether oxygens (including phenoxy) is 2. The van der Waals surface area contributed by atoms with Crippen molar-refractivity contribution in [3.8, 4) is 0 Å². The number of esters is 1. The first kappa shape index (κ1) is 14.8. The molecule has 1 rings (SSSR count). The summed E-state index contributed by atoms with van der Waals surface area (Å²) in [6.07, 6.45) is 4.13. The Morgan fingerprint density at radius 3 is 2.83 bits per heavy atom. The van der Waals surface area contributed by atoms with Gasteiger partial charge >= 0.3 is 12.0 Å². The predicted octanol–water partition coefficient (Wildman–Crippen LogP) is 0.808. The summed E-state index contributed by atoms with van der Waals surface area (Å²) >= 11 is 0. The van der Waals surface area contributed by atoms with Gasteiger partial charge in [0, 0.05) is 26.1 Å². The molecule has 1 heterocycles. The van der Waals surface area contributed by atoms with Crippen molar-refractivity contribution in [2.75, 3.05) is 26.8 Å². The van der Waals surface area contributed by atoms with Crippen LogP contribution in [-0.4, -0.2) is 44.9 Å². The van der Waals surface area contributed by atoms with Crippen LogP contribution in [0.15, 0.2) is 0 Å². The average molecular weight is 258 g/mol. The molecule has 0 saturated carbocycles. The summed E-state index contributed by atoms with van der Waals surface area (Å²) in [6.45, 7) is 1.92. The van der Waals surface area contributed by atoms with E-state index in [9.17, 15) is 9.59 Å².